The van der Waals surface area contributed by atoms with Crippen LogP contribution in [-0.2, 0) is 12.7 Å². The van der Waals surface area contributed by atoms with E-state index in [4.69, 9.17) is 0 Å². The second-order valence-electron chi connectivity index (χ2n) is 8.02. The number of nitrogens with one attached hydrogen (secondary N) is 2. The largest absolute Gasteiger partial charge is 0.422 e. The Labute approximate surface area is 191 Å². The Morgan fingerprint density at radius 1 is 1.15 bits per heavy atom. The minimum atomic E-state index is -4.86. The molecule has 1 aliphatic rings. The van der Waals surface area contributed by atoms with Gasteiger partial charge >= 0.3 is 6.18 Å². The second kappa shape index (κ2) is 9.01. The molecule has 8 nitrogen and oxygen atoms in total. The molecule has 0 unspecified atom stereocenters. The molecule has 1 amide bonds. The maximum atomic E-state index is 15.1. The number of piperazine rings is 1. The van der Waals surface area contributed by atoms with Crippen molar-refractivity contribution in [3.05, 3.63) is 63.1 Å². The molecule has 1 aliphatic heterocycles. The summed E-state index contributed by atoms with van der Waals surface area (Å²) < 4.78 is 54.7. The summed E-state index contributed by atoms with van der Waals surface area (Å²) in [6.07, 6.45) is -2.02. The van der Waals surface area contributed by atoms with Gasteiger partial charge in [0.2, 0.25) is 0 Å². The van der Waals surface area contributed by atoms with E-state index in [1.807, 2.05) is 16.0 Å². The zero-order valence-corrected chi connectivity index (χ0v) is 18.5. The molecule has 0 saturated carbocycles. The number of fused-ring (bicyclic) bond motifs is 1. The average molecular weight is 478 g/mol. The monoisotopic (exact) mass is 478 g/mol. The van der Waals surface area contributed by atoms with Crippen LogP contribution < -0.4 is 15.8 Å². The van der Waals surface area contributed by atoms with Crippen LogP contribution in [0.5, 0.6) is 0 Å². The summed E-state index contributed by atoms with van der Waals surface area (Å²) in [7, 11) is 1.53. The van der Waals surface area contributed by atoms with Crippen molar-refractivity contribution < 1.29 is 22.4 Å². The molecule has 2 N–H and O–H groups in total. The first-order chi connectivity index (χ1) is 16.1. The van der Waals surface area contributed by atoms with Crippen molar-refractivity contribution in [2.24, 2.45) is 0 Å². The maximum Gasteiger partial charge on any atom is 0.422 e. The Morgan fingerprint density at radius 3 is 2.44 bits per heavy atom. The Bertz CT molecular complexity index is 1280. The van der Waals surface area contributed by atoms with Gasteiger partial charge in [0.1, 0.15) is 16.8 Å². The van der Waals surface area contributed by atoms with Crippen LogP contribution in [0.4, 0.5) is 23.2 Å². The van der Waals surface area contributed by atoms with Gasteiger partial charge in [-0.25, -0.2) is 9.37 Å². The summed E-state index contributed by atoms with van der Waals surface area (Å²) in [6.45, 7) is 3.76. The lowest BCUT2D eigenvalue weighted by Crippen LogP contribution is -2.46. The van der Waals surface area contributed by atoms with Crippen LogP contribution in [0, 0.1) is 12.7 Å². The third-order valence-electron chi connectivity index (χ3n) is 5.91. The zero-order chi connectivity index (χ0) is 24.6. The van der Waals surface area contributed by atoms with Crippen molar-refractivity contribution in [3.8, 4) is 0 Å². The van der Waals surface area contributed by atoms with Crippen molar-refractivity contribution in [1.82, 2.24) is 25.2 Å². The zero-order valence-electron chi connectivity index (χ0n) is 18.5. The van der Waals surface area contributed by atoms with Crippen LogP contribution in [0.2, 0.25) is 0 Å². The topological polar surface area (TPSA) is 94.2 Å². The number of halogens is 4. The van der Waals surface area contributed by atoms with Crippen molar-refractivity contribution in [3.63, 3.8) is 0 Å². The summed E-state index contributed by atoms with van der Waals surface area (Å²) in [5.74, 6) is -1.05. The number of amides is 1. The first-order valence-corrected chi connectivity index (χ1v) is 10.5. The van der Waals surface area contributed by atoms with Gasteiger partial charge in [0, 0.05) is 51.5 Å². The number of anilines is 1. The normalized spacial score (nSPS) is 15.1. The number of carbonyl (C=O) groups is 1. The highest BCUT2D eigenvalue weighted by Crippen LogP contribution is 2.32. The number of H-pyrrole nitrogens is 1. The van der Waals surface area contributed by atoms with Gasteiger partial charge in [0.25, 0.3) is 11.5 Å². The van der Waals surface area contributed by atoms with Crippen LogP contribution >= 0.6 is 0 Å². The van der Waals surface area contributed by atoms with E-state index in [9.17, 15) is 22.8 Å². The highest BCUT2D eigenvalue weighted by molar-refractivity contribution is 5.92. The van der Waals surface area contributed by atoms with E-state index < -0.39 is 28.7 Å². The minimum absolute atomic E-state index is 0.187. The molecule has 0 aliphatic carbocycles. The fourth-order valence-corrected chi connectivity index (χ4v) is 4.08. The van der Waals surface area contributed by atoms with E-state index in [1.165, 1.54) is 13.2 Å². The fourth-order valence-electron chi connectivity index (χ4n) is 4.08. The van der Waals surface area contributed by atoms with Crippen LogP contribution in [-0.4, -0.2) is 59.0 Å². The summed E-state index contributed by atoms with van der Waals surface area (Å²) >= 11 is 0. The summed E-state index contributed by atoms with van der Waals surface area (Å²) in [5.41, 5.74) is -2.33. The number of aryl methyl sites for hydroxylation is 1. The van der Waals surface area contributed by atoms with Gasteiger partial charge in [-0.3, -0.25) is 19.5 Å². The number of aromatic amines is 1. The molecule has 1 fully saturated rings. The highest BCUT2D eigenvalue weighted by Gasteiger charge is 2.37. The number of alkyl halides is 3. The number of carbonyl (C=O) groups excluding carboxylic acids is 1. The first-order valence-electron chi connectivity index (χ1n) is 10.5. The molecule has 0 radical (unpaired) electrons. The number of rotatable bonds is 4. The Morgan fingerprint density at radius 2 is 1.85 bits per heavy atom. The molecular weight excluding hydrogens is 456 g/mol. The van der Waals surface area contributed by atoms with E-state index in [0.29, 0.717) is 31.9 Å². The van der Waals surface area contributed by atoms with Crippen molar-refractivity contribution >= 4 is 22.6 Å². The predicted octanol–water partition coefficient (Wildman–Crippen LogP) is 2.47. The Hall–Kier alpha value is -3.54. The molecule has 0 atom stereocenters. The number of hydrogen-bond donors (Lipinski definition) is 2. The van der Waals surface area contributed by atoms with E-state index in [2.05, 4.69) is 20.2 Å². The van der Waals surface area contributed by atoms with Crippen molar-refractivity contribution in [1.29, 1.82) is 0 Å². The maximum absolute atomic E-state index is 15.1. The molecule has 34 heavy (non-hydrogen) atoms. The van der Waals surface area contributed by atoms with Gasteiger partial charge < -0.3 is 15.2 Å². The van der Waals surface area contributed by atoms with Gasteiger partial charge in [0.15, 0.2) is 5.82 Å². The van der Waals surface area contributed by atoms with Crippen LogP contribution in [0.15, 0.2) is 29.3 Å². The first kappa shape index (κ1) is 23.6. The molecular formula is C22H22F4N6O2. The molecule has 3 aromatic heterocycles. The van der Waals surface area contributed by atoms with E-state index in [-0.39, 0.29) is 29.0 Å². The third kappa shape index (κ3) is 4.45. The quantitative estimate of drug-likeness (QED) is 0.560. The summed E-state index contributed by atoms with van der Waals surface area (Å²) in [6, 6.07) is 3.46. The van der Waals surface area contributed by atoms with Crippen molar-refractivity contribution in [2.45, 2.75) is 19.6 Å². The molecule has 0 spiro atoms. The molecule has 0 aromatic carbocycles. The number of pyridine rings is 3. The Kier molecular flexibility index (Phi) is 6.26. The molecule has 1 saturated heterocycles. The number of nitrogens with zero attached hydrogens (tertiary/aromatic N) is 4. The van der Waals surface area contributed by atoms with Gasteiger partial charge in [0.05, 0.1) is 17.4 Å². The smallest absolute Gasteiger partial charge is 0.368 e. The number of hydrogen-bond acceptors (Lipinski definition) is 6. The van der Waals surface area contributed by atoms with Crippen LogP contribution in [0.25, 0.3) is 11.0 Å². The van der Waals surface area contributed by atoms with Gasteiger partial charge in [-0.15, -0.1) is 0 Å². The van der Waals surface area contributed by atoms with E-state index >= 15 is 4.39 Å². The summed E-state index contributed by atoms with van der Waals surface area (Å²) in [4.78, 5) is 37.9. The average Bonchev–Trinajstić information content (AvgIpc) is 2.80. The molecule has 4 rings (SSSR count). The molecule has 180 valence electrons. The van der Waals surface area contributed by atoms with Gasteiger partial charge in [-0.05, 0) is 24.6 Å². The van der Waals surface area contributed by atoms with E-state index in [0.717, 1.165) is 12.6 Å². The molecule has 12 heteroatoms. The van der Waals surface area contributed by atoms with Crippen molar-refractivity contribution in [2.75, 3.05) is 38.1 Å². The SMILES string of the molecule is CNC(=O)c1ccc(N2CCN(Cc3cnc4c(C)c(C(F)(F)F)c(=O)[nH]c4c3F)CC2)cn1. The summed E-state index contributed by atoms with van der Waals surface area (Å²) in [5, 5.41) is 2.51. The number of aromatic nitrogens is 3. The van der Waals surface area contributed by atoms with Gasteiger partial charge in [-0.2, -0.15) is 13.2 Å². The molecule has 0 bridgehead atoms. The molecule has 4 heterocycles. The second-order valence-corrected chi connectivity index (χ2v) is 8.02. The fraction of sp³-hybridized carbons (Fsp3) is 0.364. The minimum Gasteiger partial charge on any atom is -0.368 e. The molecule has 3 aromatic rings. The lowest BCUT2D eigenvalue weighted by atomic mass is 10.1. The standard InChI is InChI=1S/C22H22F4N6O2/c1-12-16(22(24,25)26)21(34)30-19-17(23)13(9-29-18(12)19)11-31-5-7-32(8-6-31)14-3-4-15(28-10-14)20(33)27-2/h3-4,9-10H,5-8,11H2,1-2H3,(H,27,33)(H,30,34). The Balaban J connectivity index is 1.48. The predicted molar refractivity (Wildman–Crippen MR) is 117 cm³/mol. The van der Waals surface area contributed by atoms with Crippen LogP contribution in [0.1, 0.15) is 27.2 Å². The lowest BCUT2D eigenvalue weighted by molar-refractivity contribution is -0.139. The third-order valence-corrected chi connectivity index (χ3v) is 5.91. The highest BCUT2D eigenvalue weighted by atomic mass is 19.4. The van der Waals surface area contributed by atoms with Crippen LogP contribution in [0.3, 0.4) is 0 Å². The lowest BCUT2D eigenvalue weighted by Gasteiger charge is -2.36. The van der Waals surface area contributed by atoms with Gasteiger partial charge in [-0.1, -0.05) is 0 Å². The van der Waals surface area contributed by atoms with E-state index in [1.54, 1.807) is 12.3 Å².